The van der Waals surface area contributed by atoms with Crippen molar-refractivity contribution < 1.29 is 40.3 Å². The average Bonchev–Trinajstić information content (AvgIpc) is 2.31. The van der Waals surface area contributed by atoms with E-state index >= 15 is 0 Å². The Morgan fingerprint density at radius 1 is 0.952 bits per heavy atom. The van der Waals surface area contributed by atoms with Gasteiger partial charge < -0.3 is 5.11 Å². The second-order valence-corrected chi connectivity index (χ2v) is 6.13. The molecule has 0 aromatic heterocycles. The van der Waals surface area contributed by atoms with Crippen LogP contribution in [-0.2, 0) is 14.8 Å². The maximum Gasteiger partial charge on any atom is 0.309 e. The van der Waals surface area contributed by atoms with E-state index in [1.165, 1.54) is 0 Å². The number of hydrogen-bond acceptors (Lipinski definition) is 3. The zero-order valence-electron chi connectivity index (χ0n) is 9.91. The van der Waals surface area contributed by atoms with Gasteiger partial charge in [-0.3, -0.25) is 4.79 Å². The Labute approximate surface area is 114 Å². The van der Waals surface area contributed by atoms with Crippen LogP contribution in [0, 0.1) is 35.0 Å². The third-order valence-electron chi connectivity index (χ3n) is 2.96. The summed E-state index contributed by atoms with van der Waals surface area (Å²) in [5, 5.41) is 8.58. The number of hydrogen-bond donors (Lipinski definition) is 1. The van der Waals surface area contributed by atoms with Crippen LogP contribution >= 0.6 is 0 Å². The predicted octanol–water partition coefficient (Wildman–Crippen LogP) is 1.09. The third kappa shape index (κ3) is 2.25. The van der Waals surface area contributed by atoms with E-state index in [1.807, 2.05) is 0 Å². The van der Waals surface area contributed by atoms with E-state index in [4.69, 9.17) is 5.11 Å². The van der Waals surface area contributed by atoms with E-state index < -0.39 is 69.0 Å². The highest BCUT2D eigenvalue weighted by molar-refractivity contribution is 7.89. The first-order valence-corrected chi connectivity index (χ1v) is 6.77. The first-order valence-electron chi connectivity index (χ1n) is 5.33. The van der Waals surface area contributed by atoms with Gasteiger partial charge in [-0.15, -0.1) is 0 Å². The fraction of sp³-hybridized carbons (Fsp3) is 0.300. The van der Waals surface area contributed by atoms with E-state index in [-0.39, 0.29) is 0 Å². The molecule has 1 aliphatic heterocycles. The lowest BCUT2D eigenvalue weighted by Gasteiger charge is -2.35. The van der Waals surface area contributed by atoms with Crippen LogP contribution in [0.2, 0.25) is 0 Å². The summed E-state index contributed by atoms with van der Waals surface area (Å²) in [4.78, 5) is 8.55. The zero-order chi connectivity index (χ0) is 16.1. The van der Waals surface area contributed by atoms with Crippen LogP contribution in [0.15, 0.2) is 4.90 Å². The number of carboxylic acids is 1. The zero-order valence-corrected chi connectivity index (χ0v) is 10.7. The fourth-order valence-corrected chi connectivity index (χ4v) is 3.37. The molecule has 1 N–H and O–H groups in total. The molecule has 0 radical (unpaired) electrons. The van der Waals surface area contributed by atoms with Gasteiger partial charge in [0.15, 0.2) is 28.2 Å². The predicted molar refractivity (Wildman–Crippen MR) is 56.1 cm³/mol. The first-order chi connectivity index (χ1) is 9.59. The summed E-state index contributed by atoms with van der Waals surface area (Å²) < 4.78 is 89.7. The van der Waals surface area contributed by atoms with Crippen molar-refractivity contribution in [2.45, 2.75) is 4.90 Å². The molecule has 1 aromatic rings. The van der Waals surface area contributed by atoms with Crippen LogP contribution in [0.1, 0.15) is 0 Å². The maximum absolute atomic E-state index is 13.4. The summed E-state index contributed by atoms with van der Waals surface area (Å²) >= 11 is 0. The van der Waals surface area contributed by atoms with Crippen molar-refractivity contribution in [3.63, 3.8) is 0 Å². The largest absolute Gasteiger partial charge is 0.481 e. The number of nitrogens with zero attached hydrogens (tertiary/aromatic N) is 1. The molecular formula is C10H6F5NO4S. The van der Waals surface area contributed by atoms with Crippen LogP contribution in [0.4, 0.5) is 22.0 Å². The summed E-state index contributed by atoms with van der Waals surface area (Å²) in [6, 6.07) is 0. The molecule has 1 heterocycles. The minimum Gasteiger partial charge on any atom is -0.481 e. The standard InChI is InChI=1S/C10H6F5NO4S/c11-4-5(12)7(14)9(8(15)6(4)13)21(19,20)16-1-3(2-16)10(17)18/h3H,1-2H2,(H,17,18). The van der Waals surface area contributed by atoms with Crippen LogP contribution in [0.3, 0.4) is 0 Å². The van der Waals surface area contributed by atoms with Gasteiger partial charge in [-0.2, -0.15) is 4.31 Å². The van der Waals surface area contributed by atoms with Crippen molar-refractivity contribution in [2.75, 3.05) is 13.1 Å². The summed E-state index contributed by atoms with van der Waals surface area (Å²) in [6.07, 6.45) is 0. The third-order valence-corrected chi connectivity index (χ3v) is 4.82. The number of carbonyl (C=O) groups is 1. The lowest BCUT2D eigenvalue weighted by molar-refractivity contribution is -0.145. The molecule has 1 fully saturated rings. The molecule has 0 unspecified atom stereocenters. The van der Waals surface area contributed by atoms with Crippen molar-refractivity contribution in [1.29, 1.82) is 0 Å². The van der Waals surface area contributed by atoms with Gasteiger partial charge in [0.1, 0.15) is 0 Å². The van der Waals surface area contributed by atoms with Crippen LogP contribution < -0.4 is 0 Å². The van der Waals surface area contributed by atoms with E-state index in [1.54, 1.807) is 0 Å². The number of aliphatic carboxylic acids is 1. The lowest BCUT2D eigenvalue weighted by Crippen LogP contribution is -2.53. The molecule has 11 heteroatoms. The Morgan fingerprint density at radius 3 is 1.71 bits per heavy atom. The molecule has 0 atom stereocenters. The summed E-state index contributed by atoms with van der Waals surface area (Å²) in [5.74, 6) is -14.6. The summed E-state index contributed by atoms with van der Waals surface area (Å²) in [7, 11) is -5.02. The van der Waals surface area contributed by atoms with Gasteiger partial charge in [0.25, 0.3) is 0 Å². The molecule has 116 valence electrons. The number of rotatable bonds is 3. The van der Waals surface area contributed by atoms with Crippen molar-refractivity contribution >= 4 is 16.0 Å². The van der Waals surface area contributed by atoms with E-state index in [2.05, 4.69) is 0 Å². The maximum atomic E-state index is 13.4. The number of benzene rings is 1. The topological polar surface area (TPSA) is 74.7 Å². The second kappa shape index (κ2) is 4.91. The molecule has 5 nitrogen and oxygen atoms in total. The Kier molecular flexibility index (Phi) is 3.66. The quantitative estimate of drug-likeness (QED) is 0.511. The highest BCUT2D eigenvalue weighted by atomic mass is 32.2. The van der Waals surface area contributed by atoms with Crippen molar-refractivity contribution in [3.8, 4) is 0 Å². The number of sulfonamides is 1. The minimum absolute atomic E-state index is 0.323. The highest BCUT2D eigenvalue weighted by Crippen LogP contribution is 2.32. The van der Waals surface area contributed by atoms with Crippen LogP contribution in [0.5, 0.6) is 0 Å². The smallest absolute Gasteiger partial charge is 0.309 e. The van der Waals surface area contributed by atoms with Gasteiger partial charge in [-0.05, 0) is 0 Å². The molecule has 0 amide bonds. The van der Waals surface area contributed by atoms with Gasteiger partial charge in [0.05, 0.1) is 5.92 Å². The molecule has 0 saturated carbocycles. The fourth-order valence-electron chi connectivity index (χ4n) is 1.73. The minimum atomic E-state index is -5.02. The molecule has 21 heavy (non-hydrogen) atoms. The monoisotopic (exact) mass is 331 g/mol. The van der Waals surface area contributed by atoms with Gasteiger partial charge in [-0.1, -0.05) is 0 Å². The molecule has 1 aromatic carbocycles. The molecule has 2 rings (SSSR count). The molecule has 1 aliphatic rings. The van der Waals surface area contributed by atoms with Crippen molar-refractivity contribution in [1.82, 2.24) is 4.31 Å². The van der Waals surface area contributed by atoms with Gasteiger partial charge >= 0.3 is 5.97 Å². The first kappa shape index (κ1) is 15.6. The summed E-state index contributed by atoms with van der Waals surface area (Å²) in [5.41, 5.74) is 0. The molecule has 0 bridgehead atoms. The second-order valence-electron chi connectivity index (χ2n) is 4.26. The van der Waals surface area contributed by atoms with Crippen LogP contribution in [-0.4, -0.2) is 36.9 Å². The average molecular weight is 331 g/mol. The molecule has 0 aliphatic carbocycles. The van der Waals surface area contributed by atoms with Gasteiger partial charge in [0.2, 0.25) is 15.8 Å². The normalized spacial score (nSPS) is 16.8. The molecular weight excluding hydrogens is 325 g/mol. The van der Waals surface area contributed by atoms with Gasteiger partial charge in [-0.25, -0.2) is 30.4 Å². The van der Waals surface area contributed by atoms with Crippen molar-refractivity contribution in [3.05, 3.63) is 29.1 Å². The number of carboxylic acid groups (broad SMARTS) is 1. The van der Waals surface area contributed by atoms with E-state index in [0.717, 1.165) is 0 Å². The number of halogens is 5. The van der Waals surface area contributed by atoms with E-state index in [0.29, 0.717) is 4.31 Å². The van der Waals surface area contributed by atoms with Gasteiger partial charge in [0, 0.05) is 13.1 Å². The Hall–Kier alpha value is -1.75. The lowest BCUT2D eigenvalue weighted by atomic mass is 10.0. The molecule has 0 spiro atoms. The molecule has 1 saturated heterocycles. The van der Waals surface area contributed by atoms with Crippen molar-refractivity contribution in [2.24, 2.45) is 5.92 Å². The Morgan fingerprint density at radius 2 is 1.33 bits per heavy atom. The highest BCUT2D eigenvalue weighted by Gasteiger charge is 2.44. The Bertz CT molecular complexity index is 700. The SMILES string of the molecule is O=C(O)C1CN(S(=O)(=O)c2c(F)c(F)c(F)c(F)c2F)C1. The Balaban J connectivity index is 2.50. The van der Waals surface area contributed by atoms with E-state index in [9.17, 15) is 35.2 Å². The van der Waals surface area contributed by atoms with Crippen LogP contribution in [0.25, 0.3) is 0 Å². The summed E-state index contributed by atoms with van der Waals surface area (Å²) in [6.45, 7) is -1.23.